The van der Waals surface area contributed by atoms with Crippen LogP contribution < -0.4 is 0 Å². The van der Waals surface area contributed by atoms with Gasteiger partial charge in [-0.05, 0) is 16.8 Å². The highest BCUT2D eigenvalue weighted by atomic mass is 16.2. The van der Waals surface area contributed by atoms with E-state index in [9.17, 15) is 9.59 Å². The maximum atomic E-state index is 11.4. The molecule has 0 aliphatic carbocycles. The second kappa shape index (κ2) is 3.65. The largest absolute Gasteiger partial charge is 0.291 e. The van der Waals surface area contributed by atoms with Gasteiger partial charge in [0.25, 0.3) is 0 Å². The predicted molar refractivity (Wildman–Crippen MR) is 59.0 cm³/mol. The Balaban J connectivity index is 2.56. The van der Waals surface area contributed by atoms with E-state index in [1.807, 2.05) is 30.3 Å². The third-order valence-corrected chi connectivity index (χ3v) is 2.33. The molecule has 2 nitrogen and oxygen atoms in total. The maximum Gasteiger partial charge on any atom is 0.228 e. The molecule has 0 saturated heterocycles. The minimum absolute atomic E-state index is 0.426. The van der Waals surface area contributed by atoms with Crippen LogP contribution in [0.3, 0.4) is 0 Å². The van der Waals surface area contributed by atoms with Crippen LogP contribution in [0.5, 0.6) is 0 Å². The molecule has 0 fully saturated rings. The van der Waals surface area contributed by atoms with Gasteiger partial charge in [-0.15, -0.1) is 0 Å². The molecule has 0 aromatic heterocycles. The molecular weight excluding hydrogens is 188 g/mol. The van der Waals surface area contributed by atoms with Gasteiger partial charge in [-0.2, -0.15) is 0 Å². The Morgan fingerprint density at radius 1 is 0.933 bits per heavy atom. The Bertz CT molecular complexity index is 541. The summed E-state index contributed by atoms with van der Waals surface area (Å²) in [5, 5.41) is 2.04. The summed E-state index contributed by atoms with van der Waals surface area (Å²) >= 11 is 0. The van der Waals surface area contributed by atoms with Crippen molar-refractivity contribution in [2.45, 2.75) is 6.92 Å². The lowest BCUT2D eigenvalue weighted by Crippen LogP contribution is -2.09. The standard InChI is InChI=1S/C13H10O2/c1-9(14)13(15)12-7-6-10-4-2-3-5-11(10)8-12/h2-8H,1H3. The molecule has 0 saturated carbocycles. The van der Waals surface area contributed by atoms with E-state index >= 15 is 0 Å². The molecule has 0 atom stereocenters. The molecule has 0 aliphatic rings. The van der Waals surface area contributed by atoms with Gasteiger partial charge in [0.2, 0.25) is 5.78 Å². The second-order valence-electron chi connectivity index (χ2n) is 3.45. The van der Waals surface area contributed by atoms with Gasteiger partial charge >= 0.3 is 0 Å². The van der Waals surface area contributed by atoms with Gasteiger partial charge in [0.05, 0.1) is 0 Å². The first kappa shape index (κ1) is 9.59. The zero-order valence-corrected chi connectivity index (χ0v) is 8.36. The summed E-state index contributed by atoms with van der Waals surface area (Å²) in [5.41, 5.74) is 0.459. The summed E-state index contributed by atoms with van der Waals surface area (Å²) in [6.07, 6.45) is 0. The minimum Gasteiger partial charge on any atom is -0.291 e. The average Bonchev–Trinajstić information content (AvgIpc) is 2.27. The van der Waals surface area contributed by atoms with E-state index in [0.717, 1.165) is 10.8 Å². The van der Waals surface area contributed by atoms with Crippen LogP contribution in [0, 0.1) is 0 Å². The van der Waals surface area contributed by atoms with E-state index in [2.05, 4.69) is 0 Å². The first-order valence-corrected chi connectivity index (χ1v) is 4.72. The SMILES string of the molecule is CC(=O)C(=O)c1ccc2ccccc2c1. The number of rotatable bonds is 2. The third kappa shape index (κ3) is 1.79. The highest BCUT2D eigenvalue weighted by molar-refractivity contribution is 6.43. The van der Waals surface area contributed by atoms with E-state index < -0.39 is 11.6 Å². The molecule has 0 N–H and O–H groups in total. The number of fused-ring (bicyclic) bond motifs is 1. The number of carbonyl (C=O) groups is 2. The highest BCUT2D eigenvalue weighted by Gasteiger charge is 2.10. The third-order valence-electron chi connectivity index (χ3n) is 2.33. The number of benzene rings is 2. The van der Waals surface area contributed by atoms with Gasteiger partial charge in [0, 0.05) is 12.5 Å². The molecule has 0 unspecified atom stereocenters. The molecule has 2 heteroatoms. The topological polar surface area (TPSA) is 34.1 Å². The second-order valence-corrected chi connectivity index (χ2v) is 3.45. The van der Waals surface area contributed by atoms with Gasteiger partial charge in [-0.3, -0.25) is 9.59 Å². The zero-order chi connectivity index (χ0) is 10.8. The van der Waals surface area contributed by atoms with Crippen LogP contribution in [0.1, 0.15) is 17.3 Å². The Hall–Kier alpha value is -1.96. The van der Waals surface area contributed by atoms with Crippen LogP contribution in [-0.2, 0) is 4.79 Å². The van der Waals surface area contributed by atoms with Crippen molar-refractivity contribution in [1.29, 1.82) is 0 Å². The molecule has 74 valence electrons. The summed E-state index contributed by atoms with van der Waals surface area (Å²) in [4.78, 5) is 22.4. The van der Waals surface area contributed by atoms with Crippen molar-refractivity contribution in [3.05, 3.63) is 48.0 Å². The first-order chi connectivity index (χ1) is 7.18. The molecule has 0 spiro atoms. The van der Waals surface area contributed by atoms with Crippen LogP contribution in [0.15, 0.2) is 42.5 Å². The van der Waals surface area contributed by atoms with Crippen molar-refractivity contribution in [3.63, 3.8) is 0 Å². The maximum absolute atomic E-state index is 11.4. The summed E-state index contributed by atoms with van der Waals surface area (Å²) in [7, 11) is 0. The van der Waals surface area contributed by atoms with E-state index in [1.165, 1.54) is 6.92 Å². The number of hydrogen-bond donors (Lipinski definition) is 0. The van der Waals surface area contributed by atoms with Gasteiger partial charge in [0.1, 0.15) is 0 Å². The molecule has 0 heterocycles. The summed E-state index contributed by atoms with van der Waals surface area (Å²) < 4.78 is 0. The van der Waals surface area contributed by atoms with Gasteiger partial charge in [0.15, 0.2) is 5.78 Å². The van der Waals surface area contributed by atoms with Gasteiger partial charge < -0.3 is 0 Å². The Labute approximate surface area is 87.5 Å². The van der Waals surface area contributed by atoms with Gasteiger partial charge in [-0.1, -0.05) is 36.4 Å². The van der Waals surface area contributed by atoms with Gasteiger partial charge in [-0.25, -0.2) is 0 Å². The normalized spacial score (nSPS) is 10.2. The Morgan fingerprint density at radius 2 is 1.60 bits per heavy atom. The molecule has 0 radical (unpaired) electrons. The minimum atomic E-state index is -0.430. The van der Waals surface area contributed by atoms with E-state index in [4.69, 9.17) is 0 Å². The molecule has 15 heavy (non-hydrogen) atoms. The fourth-order valence-electron chi connectivity index (χ4n) is 1.53. The Morgan fingerprint density at radius 3 is 2.27 bits per heavy atom. The molecule has 0 bridgehead atoms. The van der Waals surface area contributed by atoms with Crippen LogP contribution >= 0.6 is 0 Å². The fourth-order valence-corrected chi connectivity index (χ4v) is 1.53. The first-order valence-electron chi connectivity index (χ1n) is 4.72. The molecule has 0 amide bonds. The molecular formula is C13H10O2. The van der Waals surface area contributed by atoms with Crippen molar-refractivity contribution in [1.82, 2.24) is 0 Å². The molecule has 2 aromatic carbocycles. The van der Waals surface area contributed by atoms with E-state index in [1.54, 1.807) is 12.1 Å². The lowest BCUT2D eigenvalue weighted by atomic mass is 10.0. The summed E-state index contributed by atoms with van der Waals surface area (Å²) in [6, 6.07) is 13.0. The van der Waals surface area contributed by atoms with E-state index in [0.29, 0.717) is 5.56 Å². The fraction of sp³-hybridized carbons (Fsp3) is 0.0769. The van der Waals surface area contributed by atoms with Crippen LogP contribution in [0.25, 0.3) is 10.8 Å². The average molecular weight is 198 g/mol. The predicted octanol–water partition coefficient (Wildman–Crippen LogP) is 2.61. The summed E-state index contributed by atoms with van der Waals surface area (Å²) in [5.74, 6) is -0.856. The monoisotopic (exact) mass is 198 g/mol. The Kier molecular flexibility index (Phi) is 2.34. The summed E-state index contributed by atoms with van der Waals surface area (Å²) in [6.45, 7) is 1.29. The number of carbonyl (C=O) groups excluding carboxylic acids is 2. The van der Waals surface area contributed by atoms with Crippen LogP contribution in [-0.4, -0.2) is 11.6 Å². The number of ketones is 2. The lowest BCUT2D eigenvalue weighted by molar-refractivity contribution is -0.113. The lowest BCUT2D eigenvalue weighted by Gasteiger charge is -2.00. The molecule has 2 aromatic rings. The van der Waals surface area contributed by atoms with E-state index in [-0.39, 0.29) is 0 Å². The van der Waals surface area contributed by atoms with Crippen molar-refractivity contribution < 1.29 is 9.59 Å². The molecule has 2 rings (SSSR count). The van der Waals surface area contributed by atoms with Crippen LogP contribution in [0.2, 0.25) is 0 Å². The number of Topliss-reactive ketones (excluding diaryl/α,β-unsaturated/α-hetero) is 2. The highest BCUT2D eigenvalue weighted by Crippen LogP contribution is 2.15. The van der Waals surface area contributed by atoms with Crippen molar-refractivity contribution in [2.75, 3.05) is 0 Å². The number of hydrogen-bond acceptors (Lipinski definition) is 2. The van der Waals surface area contributed by atoms with Crippen molar-refractivity contribution >= 4 is 22.3 Å². The quantitative estimate of drug-likeness (QED) is 0.549. The van der Waals surface area contributed by atoms with Crippen LogP contribution in [0.4, 0.5) is 0 Å². The smallest absolute Gasteiger partial charge is 0.228 e. The molecule has 0 aliphatic heterocycles. The van der Waals surface area contributed by atoms with Crippen molar-refractivity contribution in [2.24, 2.45) is 0 Å². The zero-order valence-electron chi connectivity index (χ0n) is 8.36. The van der Waals surface area contributed by atoms with Crippen molar-refractivity contribution in [3.8, 4) is 0 Å².